The summed E-state index contributed by atoms with van der Waals surface area (Å²) in [5.74, 6) is 0.665. The van der Waals surface area contributed by atoms with Crippen LogP contribution in [-0.2, 0) is 4.79 Å². The number of carbonyl (C=O) groups is 1. The minimum Gasteiger partial charge on any atom is -0.396 e. The highest BCUT2D eigenvalue weighted by Crippen LogP contribution is 2.26. The SMILES string of the molecule is CC(C)C1CCNC(=O)C1CO. The zero-order valence-corrected chi connectivity index (χ0v) is 7.71. The van der Waals surface area contributed by atoms with E-state index in [0.29, 0.717) is 11.8 Å². The van der Waals surface area contributed by atoms with E-state index in [1.54, 1.807) is 0 Å². The van der Waals surface area contributed by atoms with Crippen LogP contribution in [0, 0.1) is 17.8 Å². The summed E-state index contributed by atoms with van der Waals surface area (Å²) in [6, 6.07) is 0. The van der Waals surface area contributed by atoms with Crippen LogP contribution in [0.5, 0.6) is 0 Å². The molecule has 3 heteroatoms. The fraction of sp³-hybridized carbons (Fsp3) is 0.889. The Kier molecular flexibility index (Phi) is 3.09. The molecule has 1 saturated heterocycles. The maximum Gasteiger partial charge on any atom is 0.225 e. The Balaban J connectivity index is 2.64. The molecule has 0 saturated carbocycles. The van der Waals surface area contributed by atoms with Gasteiger partial charge in [-0.15, -0.1) is 0 Å². The molecule has 70 valence electrons. The number of carbonyl (C=O) groups excluding carboxylic acids is 1. The molecule has 2 N–H and O–H groups in total. The molecule has 2 atom stereocenters. The third kappa shape index (κ3) is 1.78. The Labute approximate surface area is 73.2 Å². The predicted molar refractivity (Wildman–Crippen MR) is 46.5 cm³/mol. The standard InChI is InChI=1S/C9H17NO2/c1-6(2)7-3-4-10-9(12)8(7)5-11/h6-8,11H,3-5H2,1-2H3,(H,10,12). The normalized spacial score (nSPS) is 30.5. The van der Waals surface area contributed by atoms with E-state index in [2.05, 4.69) is 19.2 Å². The molecule has 1 fully saturated rings. The van der Waals surface area contributed by atoms with Crippen molar-refractivity contribution in [2.24, 2.45) is 17.8 Å². The van der Waals surface area contributed by atoms with E-state index in [4.69, 9.17) is 5.11 Å². The molecule has 2 unspecified atom stereocenters. The lowest BCUT2D eigenvalue weighted by atomic mass is 9.79. The third-order valence-electron chi connectivity index (χ3n) is 2.68. The summed E-state index contributed by atoms with van der Waals surface area (Å²) in [5, 5.41) is 11.8. The first kappa shape index (κ1) is 9.52. The number of aliphatic hydroxyl groups excluding tert-OH is 1. The number of nitrogens with one attached hydrogen (secondary N) is 1. The van der Waals surface area contributed by atoms with Crippen LogP contribution < -0.4 is 5.32 Å². The molecule has 1 amide bonds. The Morgan fingerprint density at radius 1 is 1.67 bits per heavy atom. The molecule has 0 bridgehead atoms. The van der Waals surface area contributed by atoms with Crippen molar-refractivity contribution >= 4 is 5.91 Å². The fourth-order valence-corrected chi connectivity index (χ4v) is 1.91. The van der Waals surface area contributed by atoms with Crippen molar-refractivity contribution in [3.8, 4) is 0 Å². The topological polar surface area (TPSA) is 49.3 Å². The van der Waals surface area contributed by atoms with E-state index in [1.807, 2.05) is 0 Å². The third-order valence-corrected chi connectivity index (χ3v) is 2.68. The average molecular weight is 171 g/mol. The van der Waals surface area contributed by atoms with Crippen molar-refractivity contribution in [3.63, 3.8) is 0 Å². The molecule has 0 aromatic carbocycles. The van der Waals surface area contributed by atoms with E-state index in [-0.39, 0.29) is 18.4 Å². The zero-order chi connectivity index (χ0) is 9.14. The Morgan fingerprint density at radius 3 is 2.75 bits per heavy atom. The Hall–Kier alpha value is -0.570. The lowest BCUT2D eigenvalue weighted by Crippen LogP contribution is -2.45. The summed E-state index contributed by atoms with van der Waals surface area (Å²) < 4.78 is 0. The smallest absolute Gasteiger partial charge is 0.225 e. The molecule has 1 aliphatic heterocycles. The molecule has 0 radical (unpaired) electrons. The molecule has 1 rings (SSSR count). The highest BCUT2D eigenvalue weighted by Gasteiger charge is 2.32. The van der Waals surface area contributed by atoms with Crippen molar-refractivity contribution < 1.29 is 9.90 Å². The van der Waals surface area contributed by atoms with Gasteiger partial charge in [-0.25, -0.2) is 0 Å². The maximum atomic E-state index is 11.3. The van der Waals surface area contributed by atoms with Crippen LogP contribution in [0.2, 0.25) is 0 Å². The number of amides is 1. The van der Waals surface area contributed by atoms with Gasteiger partial charge < -0.3 is 10.4 Å². The molecule has 0 aromatic rings. The second kappa shape index (κ2) is 3.90. The molecule has 0 aliphatic carbocycles. The van der Waals surface area contributed by atoms with Crippen LogP contribution >= 0.6 is 0 Å². The van der Waals surface area contributed by atoms with Gasteiger partial charge in [0.1, 0.15) is 0 Å². The van der Waals surface area contributed by atoms with E-state index in [0.717, 1.165) is 13.0 Å². The van der Waals surface area contributed by atoms with Crippen molar-refractivity contribution in [3.05, 3.63) is 0 Å². The zero-order valence-electron chi connectivity index (χ0n) is 7.71. The van der Waals surface area contributed by atoms with E-state index in [9.17, 15) is 4.79 Å². The molecule has 0 spiro atoms. The van der Waals surface area contributed by atoms with Gasteiger partial charge in [-0.2, -0.15) is 0 Å². The second-order valence-electron chi connectivity index (χ2n) is 3.78. The fourth-order valence-electron chi connectivity index (χ4n) is 1.91. The van der Waals surface area contributed by atoms with Crippen LogP contribution in [0.15, 0.2) is 0 Å². The van der Waals surface area contributed by atoms with Gasteiger partial charge in [-0.05, 0) is 18.3 Å². The van der Waals surface area contributed by atoms with Crippen LogP contribution in [0.25, 0.3) is 0 Å². The molecule has 12 heavy (non-hydrogen) atoms. The van der Waals surface area contributed by atoms with Gasteiger partial charge in [0.2, 0.25) is 5.91 Å². The minimum atomic E-state index is -0.182. The van der Waals surface area contributed by atoms with E-state index >= 15 is 0 Å². The second-order valence-corrected chi connectivity index (χ2v) is 3.78. The van der Waals surface area contributed by atoms with Crippen molar-refractivity contribution in [2.45, 2.75) is 20.3 Å². The van der Waals surface area contributed by atoms with Gasteiger partial charge in [0.15, 0.2) is 0 Å². The van der Waals surface area contributed by atoms with Gasteiger partial charge in [0.05, 0.1) is 12.5 Å². The Morgan fingerprint density at radius 2 is 2.33 bits per heavy atom. The molecule has 3 nitrogen and oxygen atoms in total. The summed E-state index contributed by atoms with van der Waals surface area (Å²) in [4.78, 5) is 11.3. The summed E-state index contributed by atoms with van der Waals surface area (Å²) >= 11 is 0. The van der Waals surface area contributed by atoms with Gasteiger partial charge >= 0.3 is 0 Å². The number of aliphatic hydroxyl groups is 1. The Bertz CT molecular complexity index is 168. The average Bonchev–Trinajstić information content (AvgIpc) is 2.03. The van der Waals surface area contributed by atoms with Crippen molar-refractivity contribution in [1.29, 1.82) is 0 Å². The minimum absolute atomic E-state index is 0.0162. The monoisotopic (exact) mass is 171 g/mol. The first-order valence-corrected chi connectivity index (χ1v) is 4.55. The molecule has 1 aliphatic rings. The van der Waals surface area contributed by atoms with Crippen LogP contribution in [0.3, 0.4) is 0 Å². The molecular weight excluding hydrogens is 154 g/mol. The van der Waals surface area contributed by atoms with E-state index < -0.39 is 0 Å². The first-order valence-electron chi connectivity index (χ1n) is 4.55. The quantitative estimate of drug-likeness (QED) is 0.631. The molecule has 1 heterocycles. The van der Waals surface area contributed by atoms with Crippen molar-refractivity contribution in [2.75, 3.05) is 13.2 Å². The number of hydrogen-bond donors (Lipinski definition) is 2. The molecule has 0 aromatic heterocycles. The van der Waals surface area contributed by atoms with Gasteiger partial charge in [-0.1, -0.05) is 13.8 Å². The van der Waals surface area contributed by atoms with Gasteiger partial charge in [-0.3, -0.25) is 4.79 Å². The van der Waals surface area contributed by atoms with Crippen LogP contribution in [-0.4, -0.2) is 24.2 Å². The number of hydrogen-bond acceptors (Lipinski definition) is 2. The summed E-state index contributed by atoms with van der Waals surface area (Å²) in [5.41, 5.74) is 0. The summed E-state index contributed by atoms with van der Waals surface area (Å²) in [6.45, 7) is 4.95. The summed E-state index contributed by atoms with van der Waals surface area (Å²) in [6.07, 6.45) is 0.995. The van der Waals surface area contributed by atoms with Gasteiger partial charge in [0, 0.05) is 6.54 Å². The largest absolute Gasteiger partial charge is 0.396 e. The lowest BCUT2D eigenvalue weighted by Gasteiger charge is -2.32. The van der Waals surface area contributed by atoms with Crippen LogP contribution in [0.1, 0.15) is 20.3 Å². The van der Waals surface area contributed by atoms with Crippen LogP contribution in [0.4, 0.5) is 0 Å². The summed E-state index contributed by atoms with van der Waals surface area (Å²) in [7, 11) is 0. The highest BCUT2D eigenvalue weighted by atomic mass is 16.3. The molecular formula is C9H17NO2. The number of piperidine rings is 1. The predicted octanol–water partition coefficient (Wildman–Crippen LogP) is 0.387. The lowest BCUT2D eigenvalue weighted by molar-refractivity contribution is -0.131. The number of rotatable bonds is 2. The first-order chi connectivity index (χ1) is 5.66. The van der Waals surface area contributed by atoms with E-state index in [1.165, 1.54) is 0 Å². The van der Waals surface area contributed by atoms with Gasteiger partial charge in [0.25, 0.3) is 0 Å². The maximum absolute atomic E-state index is 11.3. The highest BCUT2D eigenvalue weighted by molar-refractivity contribution is 5.79. The van der Waals surface area contributed by atoms with Crippen molar-refractivity contribution in [1.82, 2.24) is 5.32 Å².